The number of hydrogen-bond donors (Lipinski definition) is 0. The molecule has 0 radical (unpaired) electrons. The number of alkyl halides is 3. The molecule has 0 heterocycles. The molecule has 0 amide bonds. The summed E-state index contributed by atoms with van der Waals surface area (Å²) < 4.78 is 34.6. The van der Waals surface area contributed by atoms with E-state index in [1.54, 1.807) is 0 Å². The Labute approximate surface area is 72.6 Å². The second kappa shape index (κ2) is 4.80. The van der Waals surface area contributed by atoms with Gasteiger partial charge in [-0.1, -0.05) is 25.8 Å². The van der Waals surface area contributed by atoms with Crippen LogP contribution in [-0.4, -0.2) is 6.18 Å². The van der Waals surface area contributed by atoms with Gasteiger partial charge in [-0.3, -0.25) is 0 Å². The second-order valence-electron chi connectivity index (χ2n) is 2.19. The molecule has 0 aliphatic rings. The molecule has 66 valence electrons. The molecule has 0 N–H and O–H groups in total. The van der Waals surface area contributed by atoms with Crippen LogP contribution in [0.15, 0.2) is 10.6 Å². The highest BCUT2D eigenvalue weighted by Crippen LogP contribution is 2.30. The van der Waals surface area contributed by atoms with E-state index >= 15 is 0 Å². The minimum Gasteiger partial charge on any atom is -0.166 e. The summed E-state index contributed by atoms with van der Waals surface area (Å²) in [5.41, 5.74) is 0. The van der Waals surface area contributed by atoms with E-state index < -0.39 is 10.7 Å². The Kier molecular flexibility index (Phi) is 4.81. The van der Waals surface area contributed by atoms with Gasteiger partial charge in [0.1, 0.15) is 0 Å². The topological polar surface area (TPSA) is 0 Å². The number of unbranched alkanes of at least 4 members (excludes halogenated alkanes) is 2. The average Bonchev–Trinajstić information content (AvgIpc) is 1.86. The van der Waals surface area contributed by atoms with Crippen LogP contribution in [0.4, 0.5) is 13.2 Å². The Hall–Kier alpha value is 0.01000. The van der Waals surface area contributed by atoms with Crippen LogP contribution in [0, 0.1) is 0 Å². The summed E-state index contributed by atoms with van der Waals surface area (Å²) in [6, 6.07) is 0. The lowest BCUT2D eigenvalue weighted by Crippen LogP contribution is -2.06. The van der Waals surface area contributed by atoms with Crippen LogP contribution in [0.5, 0.6) is 0 Å². The molecule has 0 saturated heterocycles. The zero-order valence-electron chi connectivity index (χ0n) is 6.21. The van der Waals surface area contributed by atoms with E-state index in [9.17, 15) is 13.2 Å². The lowest BCUT2D eigenvalue weighted by Gasteiger charge is -2.03. The van der Waals surface area contributed by atoms with Gasteiger partial charge in [-0.2, -0.15) is 13.2 Å². The van der Waals surface area contributed by atoms with Crippen molar-refractivity contribution >= 4 is 15.9 Å². The SMILES string of the molecule is CCCCC=C(Br)C(F)(F)F. The van der Waals surface area contributed by atoms with E-state index in [0.29, 0.717) is 6.42 Å². The fourth-order valence-corrected chi connectivity index (χ4v) is 0.778. The summed E-state index contributed by atoms with van der Waals surface area (Å²) in [5.74, 6) is 0. The first kappa shape index (κ1) is 11.0. The molecule has 0 aromatic rings. The largest absolute Gasteiger partial charge is 0.422 e. The molecule has 0 aliphatic carbocycles. The first-order valence-electron chi connectivity index (χ1n) is 3.41. The van der Waals surface area contributed by atoms with Crippen molar-refractivity contribution in [2.24, 2.45) is 0 Å². The summed E-state index contributed by atoms with van der Waals surface area (Å²) in [6.45, 7) is 1.94. The number of hydrogen-bond acceptors (Lipinski definition) is 0. The molecule has 0 saturated carbocycles. The smallest absolute Gasteiger partial charge is 0.166 e. The lowest BCUT2D eigenvalue weighted by molar-refractivity contribution is -0.0830. The maximum atomic E-state index is 11.8. The summed E-state index contributed by atoms with van der Waals surface area (Å²) in [4.78, 5) is 0. The van der Waals surface area contributed by atoms with Crippen LogP contribution < -0.4 is 0 Å². The van der Waals surface area contributed by atoms with Crippen molar-refractivity contribution in [3.63, 3.8) is 0 Å². The van der Waals surface area contributed by atoms with Crippen molar-refractivity contribution in [1.82, 2.24) is 0 Å². The van der Waals surface area contributed by atoms with Crippen molar-refractivity contribution < 1.29 is 13.2 Å². The van der Waals surface area contributed by atoms with Crippen molar-refractivity contribution in [3.8, 4) is 0 Å². The van der Waals surface area contributed by atoms with E-state index in [1.807, 2.05) is 6.92 Å². The predicted molar refractivity (Wildman–Crippen MR) is 42.6 cm³/mol. The number of halogens is 4. The van der Waals surface area contributed by atoms with Crippen LogP contribution in [0.25, 0.3) is 0 Å². The predicted octanol–water partition coefficient (Wildman–Crippen LogP) is 4.02. The van der Waals surface area contributed by atoms with E-state index in [0.717, 1.165) is 12.8 Å². The highest BCUT2D eigenvalue weighted by Gasteiger charge is 2.31. The third-order valence-electron chi connectivity index (χ3n) is 1.15. The quantitative estimate of drug-likeness (QED) is 0.643. The Morgan fingerprint density at radius 1 is 1.45 bits per heavy atom. The molecule has 0 unspecified atom stereocenters. The van der Waals surface area contributed by atoms with Gasteiger partial charge >= 0.3 is 6.18 Å². The van der Waals surface area contributed by atoms with Gasteiger partial charge < -0.3 is 0 Å². The van der Waals surface area contributed by atoms with Gasteiger partial charge in [-0.15, -0.1) is 0 Å². The van der Waals surface area contributed by atoms with Gasteiger partial charge in [-0.25, -0.2) is 0 Å². The van der Waals surface area contributed by atoms with Crippen LogP contribution >= 0.6 is 15.9 Å². The molecule has 0 fully saturated rings. The molecule has 0 aromatic heterocycles. The Morgan fingerprint density at radius 3 is 2.36 bits per heavy atom. The van der Waals surface area contributed by atoms with Crippen molar-refractivity contribution in [2.75, 3.05) is 0 Å². The van der Waals surface area contributed by atoms with Crippen LogP contribution in [0.3, 0.4) is 0 Å². The minimum absolute atomic E-state index is 0.483. The number of rotatable bonds is 3. The molecule has 0 atom stereocenters. The van der Waals surface area contributed by atoms with Crippen molar-refractivity contribution in [2.45, 2.75) is 32.4 Å². The highest BCUT2D eigenvalue weighted by atomic mass is 79.9. The van der Waals surface area contributed by atoms with E-state index in [-0.39, 0.29) is 0 Å². The summed E-state index contributed by atoms with van der Waals surface area (Å²) in [5, 5.41) is 0. The van der Waals surface area contributed by atoms with Gasteiger partial charge in [-0.05, 0) is 22.4 Å². The average molecular weight is 231 g/mol. The molecular formula is C7H10BrF3. The van der Waals surface area contributed by atoms with Crippen LogP contribution in [-0.2, 0) is 0 Å². The lowest BCUT2D eigenvalue weighted by atomic mass is 10.2. The molecule has 0 bridgehead atoms. The normalized spacial score (nSPS) is 13.7. The van der Waals surface area contributed by atoms with Gasteiger partial charge in [0.05, 0.1) is 4.48 Å². The monoisotopic (exact) mass is 230 g/mol. The van der Waals surface area contributed by atoms with Crippen LogP contribution in [0.2, 0.25) is 0 Å². The number of allylic oxidation sites excluding steroid dienone is 2. The van der Waals surface area contributed by atoms with E-state index in [2.05, 4.69) is 15.9 Å². The second-order valence-corrected chi connectivity index (χ2v) is 3.05. The van der Waals surface area contributed by atoms with Gasteiger partial charge in [0.25, 0.3) is 0 Å². The van der Waals surface area contributed by atoms with Gasteiger partial charge in [0.15, 0.2) is 0 Å². The fraction of sp³-hybridized carbons (Fsp3) is 0.714. The summed E-state index contributed by atoms with van der Waals surface area (Å²) in [6.07, 6.45) is -0.854. The van der Waals surface area contributed by atoms with Gasteiger partial charge in [0.2, 0.25) is 0 Å². The summed E-state index contributed by atoms with van der Waals surface area (Å²) >= 11 is 2.46. The third-order valence-corrected chi connectivity index (χ3v) is 1.93. The molecule has 11 heavy (non-hydrogen) atoms. The zero-order valence-corrected chi connectivity index (χ0v) is 7.80. The maximum Gasteiger partial charge on any atom is 0.422 e. The molecule has 0 rings (SSSR count). The molecular weight excluding hydrogens is 221 g/mol. The van der Waals surface area contributed by atoms with Gasteiger partial charge in [0, 0.05) is 0 Å². The van der Waals surface area contributed by atoms with Crippen LogP contribution in [0.1, 0.15) is 26.2 Å². The Morgan fingerprint density at radius 2 is 2.00 bits per heavy atom. The minimum atomic E-state index is -4.21. The highest BCUT2D eigenvalue weighted by molar-refractivity contribution is 9.11. The summed E-state index contributed by atoms with van der Waals surface area (Å²) in [7, 11) is 0. The molecule has 0 aliphatic heterocycles. The molecule has 0 aromatic carbocycles. The van der Waals surface area contributed by atoms with E-state index in [4.69, 9.17) is 0 Å². The fourth-order valence-electron chi connectivity index (χ4n) is 0.549. The van der Waals surface area contributed by atoms with E-state index in [1.165, 1.54) is 6.08 Å². The molecule has 4 heteroatoms. The third kappa shape index (κ3) is 5.30. The molecule has 0 spiro atoms. The first-order chi connectivity index (χ1) is 4.98. The maximum absolute atomic E-state index is 11.8. The standard InChI is InChI=1S/C7H10BrF3/c1-2-3-4-5-6(8)7(9,10)11/h5H,2-4H2,1H3. The molecule has 0 nitrogen and oxygen atoms in total. The first-order valence-corrected chi connectivity index (χ1v) is 4.20. The van der Waals surface area contributed by atoms with Crippen molar-refractivity contribution in [1.29, 1.82) is 0 Å². The Balaban J connectivity index is 3.81. The van der Waals surface area contributed by atoms with Crippen molar-refractivity contribution in [3.05, 3.63) is 10.6 Å². The zero-order chi connectivity index (χ0) is 8.91. The Bertz CT molecular complexity index is 137.